The second kappa shape index (κ2) is 2.85. The number of nitrogens with zero attached hydrogens (tertiary/aromatic N) is 2. The monoisotopic (exact) mass is 175 g/mol. The normalized spacial score (nSPS) is 11.0. The van der Waals surface area contributed by atoms with E-state index in [0.717, 1.165) is 11.5 Å². The number of rotatable bonds is 1. The van der Waals surface area contributed by atoms with Crippen LogP contribution in [0.5, 0.6) is 0 Å². The molecule has 0 saturated heterocycles. The average molecular weight is 175 g/mol. The van der Waals surface area contributed by atoms with Crippen LogP contribution < -0.4 is 5.73 Å². The Hall–Kier alpha value is -1.35. The third kappa shape index (κ3) is 1.12. The Morgan fingerprint density at radius 2 is 2.23 bits per heavy atom. The predicted molar refractivity (Wildman–Crippen MR) is 52.6 cm³/mol. The molecule has 2 rings (SSSR count). The highest BCUT2D eigenvalue weighted by Gasteiger charge is 2.06. The summed E-state index contributed by atoms with van der Waals surface area (Å²) < 4.78 is 2.06. The minimum atomic E-state index is 0.485. The van der Waals surface area contributed by atoms with Crippen molar-refractivity contribution in [3.05, 3.63) is 35.4 Å². The molecule has 0 aromatic carbocycles. The van der Waals surface area contributed by atoms with E-state index in [0.29, 0.717) is 6.54 Å². The number of aromatic nitrogens is 2. The number of hydrogen-bond acceptors (Lipinski definition) is 2. The van der Waals surface area contributed by atoms with Crippen LogP contribution in [0.1, 0.15) is 17.1 Å². The molecular formula is C10H13N3. The van der Waals surface area contributed by atoms with Gasteiger partial charge in [0.2, 0.25) is 0 Å². The van der Waals surface area contributed by atoms with Crippen molar-refractivity contribution in [1.29, 1.82) is 0 Å². The van der Waals surface area contributed by atoms with E-state index in [2.05, 4.69) is 22.4 Å². The van der Waals surface area contributed by atoms with Crippen molar-refractivity contribution in [3.8, 4) is 0 Å². The van der Waals surface area contributed by atoms with Crippen LogP contribution in [0.3, 0.4) is 0 Å². The van der Waals surface area contributed by atoms with Gasteiger partial charge in [0.25, 0.3) is 0 Å². The molecule has 0 spiro atoms. The molecule has 0 unspecified atom stereocenters. The second-order valence-corrected chi connectivity index (χ2v) is 3.23. The third-order valence-electron chi connectivity index (χ3n) is 2.30. The van der Waals surface area contributed by atoms with Crippen LogP contribution in [-0.4, -0.2) is 9.38 Å². The van der Waals surface area contributed by atoms with Gasteiger partial charge in [0.1, 0.15) is 5.82 Å². The van der Waals surface area contributed by atoms with Gasteiger partial charge >= 0.3 is 0 Å². The van der Waals surface area contributed by atoms with Crippen LogP contribution >= 0.6 is 0 Å². The molecule has 0 bridgehead atoms. The molecule has 0 atom stereocenters. The SMILES string of the molecule is Cc1cccn2c(CN)nc(C)c12. The van der Waals surface area contributed by atoms with E-state index in [9.17, 15) is 0 Å². The lowest BCUT2D eigenvalue weighted by Crippen LogP contribution is -2.02. The largest absolute Gasteiger partial charge is 0.324 e. The van der Waals surface area contributed by atoms with Gasteiger partial charge in [0.05, 0.1) is 17.8 Å². The molecule has 2 heterocycles. The van der Waals surface area contributed by atoms with E-state index in [-0.39, 0.29) is 0 Å². The molecule has 3 heteroatoms. The summed E-state index contributed by atoms with van der Waals surface area (Å²) in [5, 5.41) is 0. The van der Waals surface area contributed by atoms with E-state index in [1.165, 1.54) is 11.1 Å². The van der Waals surface area contributed by atoms with Crippen molar-refractivity contribution in [1.82, 2.24) is 9.38 Å². The molecule has 13 heavy (non-hydrogen) atoms. The zero-order chi connectivity index (χ0) is 9.42. The molecule has 0 aliphatic rings. The lowest BCUT2D eigenvalue weighted by molar-refractivity contribution is 0.898. The van der Waals surface area contributed by atoms with Crippen molar-refractivity contribution >= 4 is 5.52 Å². The molecule has 3 nitrogen and oxygen atoms in total. The second-order valence-electron chi connectivity index (χ2n) is 3.23. The minimum Gasteiger partial charge on any atom is -0.324 e. The lowest BCUT2D eigenvalue weighted by Gasteiger charge is -2.00. The fraction of sp³-hybridized carbons (Fsp3) is 0.300. The molecule has 2 aromatic rings. The van der Waals surface area contributed by atoms with Crippen LogP contribution in [0.15, 0.2) is 18.3 Å². The number of fused-ring (bicyclic) bond motifs is 1. The first-order chi connectivity index (χ1) is 6.24. The van der Waals surface area contributed by atoms with Gasteiger partial charge in [-0.25, -0.2) is 4.98 Å². The summed E-state index contributed by atoms with van der Waals surface area (Å²) >= 11 is 0. The van der Waals surface area contributed by atoms with Crippen molar-refractivity contribution in [2.24, 2.45) is 5.73 Å². The molecule has 0 amide bonds. The summed E-state index contributed by atoms with van der Waals surface area (Å²) in [7, 11) is 0. The van der Waals surface area contributed by atoms with Gasteiger partial charge in [-0.15, -0.1) is 0 Å². The van der Waals surface area contributed by atoms with Crippen LogP contribution in [0.4, 0.5) is 0 Å². The predicted octanol–water partition coefficient (Wildman–Crippen LogP) is 1.41. The Morgan fingerprint density at radius 3 is 2.92 bits per heavy atom. The smallest absolute Gasteiger partial charge is 0.127 e. The maximum Gasteiger partial charge on any atom is 0.127 e. The molecule has 68 valence electrons. The van der Waals surface area contributed by atoms with Gasteiger partial charge in [-0.05, 0) is 25.5 Å². The molecule has 0 aliphatic carbocycles. The molecule has 0 fully saturated rings. The number of nitrogens with two attached hydrogens (primary N) is 1. The summed E-state index contributed by atoms with van der Waals surface area (Å²) in [6.45, 7) is 4.59. The Bertz CT molecular complexity index is 443. The third-order valence-corrected chi connectivity index (χ3v) is 2.30. The molecule has 0 aliphatic heterocycles. The van der Waals surface area contributed by atoms with Crippen molar-refractivity contribution < 1.29 is 0 Å². The van der Waals surface area contributed by atoms with E-state index < -0.39 is 0 Å². The fourth-order valence-electron chi connectivity index (χ4n) is 1.74. The Balaban J connectivity index is 2.87. The number of aryl methyl sites for hydroxylation is 2. The number of imidazole rings is 1. The summed E-state index contributed by atoms with van der Waals surface area (Å²) in [5.74, 6) is 0.927. The van der Waals surface area contributed by atoms with Gasteiger partial charge < -0.3 is 10.1 Å². The maximum absolute atomic E-state index is 5.60. The summed E-state index contributed by atoms with van der Waals surface area (Å²) in [6, 6.07) is 4.10. The summed E-state index contributed by atoms with van der Waals surface area (Å²) in [5.41, 5.74) is 9.08. The van der Waals surface area contributed by atoms with Crippen molar-refractivity contribution in [2.45, 2.75) is 20.4 Å². The lowest BCUT2D eigenvalue weighted by atomic mass is 10.2. The first-order valence-corrected chi connectivity index (χ1v) is 4.37. The zero-order valence-corrected chi connectivity index (χ0v) is 7.91. The Kier molecular flexibility index (Phi) is 1.81. The van der Waals surface area contributed by atoms with E-state index in [4.69, 9.17) is 5.73 Å². The number of hydrogen-bond donors (Lipinski definition) is 1. The topological polar surface area (TPSA) is 43.3 Å². The molecule has 2 aromatic heterocycles. The number of pyridine rings is 1. The fourth-order valence-corrected chi connectivity index (χ4v) is 1.74. The molecule has 0 radical (unpaired) electrons. The maximum atomic E-state index is 5.60. The minimum absolute atomic E-state index is 0.485. The highest BCUT2D eigenvalue weighted by atomic mass is 15.0. The molecule has 0 saturated carbocycles. The Labute approximate surface area is 77.2 Å². The van der Waals surface area contributed by atoms with E-state index in [1.807, 2.05) is 19.2 Å². The average Bonchev–Trinajstić information content (AvgIpc) is 2.44. The van der Waals surface area contributed by atoms with Crippen LogP contribution in [0.25, 0.3) is 5.52 Å². The highest BCUT2D eigenvalue weighted by molar-refractivity contribution is 5.58. The standard InChI is InChI=1S/C10H13N3/c1-7-4-3-5-13-9(6-11)12-8(2)10(7)13/h3-5H,6,11H2,1-2H3. The molecule has 2 N–H and O–H groups in total. The van der Waals surface area contributed by atoms with Crippen molar-refractivity contribution in [3.63, 3.8) is 0 Å². The quantitative estimate of drug-likeness (QED) is 0.712. The Morgan fingerprint density at radius 1 is 1.46 bits per heavy atom. The summed E-state index contributed by atoms with van der Waals surface area (Å²) in [4.78, 5) is 4.41. The molecular weight excluding hydrogens is 162 g/mol. The van der Waals surface area contributed by atoms with Gasteiger partial charge in [-0.3, -0.25) is 0 Å². The first kappa shape index (κ1) is 8.26. The van der Waals surface area contributed by atoms with Crippen LogP contribution in [-0.2, 0) is 6.54 Å². The zero-order valence-electron chi connectivity index (χ0n) is 7.91. The van der Waals surface area contributed by atoms with Crippen LogP contribution in [0, 0.1) is 13.8 Å². The summed E-state index contributed by atoms with van der Waals surface area (Å²) in [6.07, 6.45) is 2.00. The van der Waals surface area contributed by atoms with Gasteiger partial charge in [-0.2, -0.15) is 0 Å². The van der Waals surface area contributed by atoms with Crippen LogP contribution in [0.2, 0.25) is 0 Å². The van der Waals surface area contributed by atoms with Gasteiger partial charge in [0.15, 0.2) is 0 Å². The van der Waals surface area contributed by atoms with E-state index >= 15 is 0 Å². The van der Waals surface area contributed by atoms with Crippen molar-refractivity contribution in [2.75, 3.05) is 0 Å². The highest BCUT2D eigenvalue weighted by Crippen LogP contribution is 2.15. The van der Waals surface area contributed by atoms with E-state index in [1.54, 1.807) is 0 Å². The van der Waals surface area contributed by atoms with Gasteiger partial charge in [-0.1, -0.05) is 6.07 Å². The van der Waals surface area contributed by atoms with Gasteiger partial charge in [0, 0.05) is 6.20 Å². The first-order valence-electron chi connectivity index (χ1n) is 4.37.